The van der Waals surface area contributed by atoms with E-state index < -0.39 is 0 Å². The van der Waals surface area contributed by atoms with E-state index in [0.29, 0.717) is 14.8 Å². The highest BCUT2D eigenvalue weighted by Crippen LogP contribution is 2.36. The second-order valence-electron chi connectivity index (χ2n) is 3.06. The van der Waals surface area contributed by atoms with Crippen LogP contribution < -0.4 is 0 Å². The number of phenols is 1. The summed E-state index contributed by atoms with van der Waals surface area (Å²) in [5, 5.41) is 9.54. The Balaban J connectivity index is 2.55. The van der Waals surface area contributed by atoms with Crippen molar-refractivity contribution in [2.45, 2.75) is 6.92 Å². The number of benzene rings is 1. The first-order chi connectivity index (χ1) is 7.08. The molecule has 0 bridgehead atoms. The van der Waals surface area contributed by atoms with E-state index in [2.05, 4.69) is 36.8 Å². The van der Waals surface area contributed by atoms with Crippen LogP contribution in [0.2, 0.25) is 0 Å². The third-order valence-corrected chi connectivity index (χ3v) is 3.09. The number of oxazole rings is 1. The van der Waals surface area contributed by atoms with Crippen LogP contribution in [0, 0.1) is 6.92 Å². The molecule has 1 aromatic heterocycles. The van der Waals surface area contributed by atoms with Gasteiger partial charge >= 0.3 is 0 Å². The standard InChI is InChI=1S/C10H7Br2NO2/c1-5-4-13-10(15-5)6-2-7(11)9(14)8(12)3-6/h2-4,14H,1H3. The second-order valence-corrected chi connectivity index (χ2v) is 4.77. The molecule has 0 saturated carbocycles. The molecule has 0 amide bonds. The lowest BCUT2D eigenvalue weighted by atomic mass is 10.2. The highest BCUT2D eigenvalue weighted by atomic mass is 79.9. The third-order valence-electron chi connectivity index (χ3n) is 1.89. The Hall–Kier alpha value is -0.810. The van der Waals surface area contributed by atoms with Crippen molar-refractivity contribution >= 4 is 31.9 Å². The topological polar surface area (TPSA) is 46.3 Å². The van der Waals surface area contributed by atoms with Gasteiger partial charge in [-0.2, -0.15) is 0 Å². The molecule has 1 N–H and O–H groups in total. The maximum Gasteiger partial charge on any atom is 0.226 e. The van der Waals surface area contributed by atoms with Gasteiger partial charge in [-0.15, -0.1) is 0 Å². The lowest BCUT2D eigenvalue weighted by Gasteiger charge is -2.02. The second kappa shape index (κ2) is 3.98. The molecule has 0 saturated heterocycles. The van der Waals surface area contributed by atoms with Crippen molar-refractivity contribution in [2.75, 3.05) is 0 Å². The van der Waals surface area contributed by atoms with Gasteiger partial charge in [-0.3, -0.25) is 0 Å². The number of aromatic hydroxyl groups is 1. The molecule has 0 spiro atoms. The molecule has 5 heteroatoms. The van der Waals surface area contributed by atoms with E-state index >= 15 is 0 Å². The van der Waals surface area contributed by atoms with Gasteiger partial charge in [0, 0.05) is 5.56 Å². The van der Waals surface area contributed by atoms with E-state index in [-0.39, 0.29) is 5.75 Å². The van der Waals surface area contributed by atoms with Crippen LogP contribution in [0.3, 0.4) is 0 Å². The molecule has 15 heavy (non-hydrogen) atoms. The summed E-state index contributed by atoms with van der Waals surface area (Å²) in [6, 6.07) is 3.51. The molecule has 1 heterocycles. The molecule has 0 aliphatic rings. The van der Waals surface area contributed by atoms with Crippen molar-refractivity contribution < 1.29 is 9.52 Å². The first-order valence-electron chi connectivity index (χ1n) is 4.19. The van der Waals surface area contributed by atoms with Crippen LogP contribution in [0.4, 0.5) is 0 Å². The van der Waals surface area contributed by atoms with Crippen LogP contribution in [0.1, 0.15) is 5.76 Å². The average Bonchev–Trinajstić information content (AvgIpc) is 2.60. The molecule has 0 radical (unpaired) electrons. The molecule has 78 valence electrons. The molecule has 0 fully saturated rings. The molecule has 0 unspecified atom stereocenters. The molecule has 3 nitrogen and oxygen atoms in total. The minimum atomic E-state index is 0.169. The summed E-state index contributed by atoms with van der Waals surface area (Å²) >= 11 is 6.50. The molecule has 2 aromatic rings. The number of hydrogen-bond acceptors (Lipinski definition) is 3. The van der Waals surface area contributed by atoms with Crippen LogP contribution >= 0.6 is 31.9 Å². The van der Waals surface area contributed by atoms with Gasteiger partial charge in [0.2, 0.25) is 5.89 Å². The number of rotatable bonds is 1. The van der Waals surface area contributed by atoms with E-state index in [1.807, 2.05) is 6.92 Å². The van der Waals surface area contributed by atoms with Gasteiger partial charge in [-0.1, -0.05) is 0 Å². The number of aryl methyl sites for hydroxylation is 1. The van der Waals surface area contributed by atoms with E-state index in [1.165, 1.54) is 0 Å². The first kappa shape index (κ1) is 10.7. The third kappa shape index (κ3) is 2.08. The Bertz CT molecular complexity index is 485. The fraction of sp³-hybridized carbons (Fsp3) is 0.100. The minimum absolute atomic E-state index is 0.169. The molecule has 0 atom stereocenters. The summed E-state index contributed by atoms with van der Waals surface area (Å²) in [7, 11) is 0. The predicted octanol–water partition coefficient (Wildman–Crippen LogP) is 3.88. The van der Waals surface area contributed by atoms with E-state index in [4.69, 9.17) is 4.42 Å². The van der Waals surface area contributed by atoms with Crippen molar-refractivity contribution in [3.63, 3.8) is 0 Å². The van der Waals surface area contributed by atoms with Crippen molar-refractivity contribution in [3.05, 3.63) is 33.0 Å². The summed E-state index contributed by atoms with van der Waals surface area (Å²) in [5.41, 5.74) is 0.805. The number of phenolic OH excluding ortho intramolecular Hbond substituents is 1. The quantitative estimate of drug-likeness (QED) is 0.862. The zero-order valence-electron chi connectivity index (χ0n) is 7.79. The SMILES string of the molecule is Cc1cnc(-c2cc(Br)c(O)c(Br)c2)o1. The number of nitrogens with zero attached hydrogens (tertiary/aromatic N) is 1. The van der Waals surface area contributed by atoms with Gasteiger partial charge in [0.1, 0.15) is 11.5 Å². The van der Waals surface area contributed by atoms with Crippen LogP contribution in [0.15, 0.2) is 31.7 Å². The van der Waals surface area contributed by atoms with Crippen LogP contribution in [-0.4, -0.2) is 10.1 Å². The molecular formula is C10H7Br2NO2. The summed E-state index contributed by atoms with van der Waals surface area (Å²) in [4.78, 5) is 4.11. The smallest absolute Gasteiger partial charge is 0.226 e. The van der Waals surface area contributed by atoms with Crippen molar-refractivity contribution in [1.82, 2.24) is 4.98 Å². The zero-order valence-corrected chi connectivity index (χ0v) is 11.0. The Labute approximate surface area is 103 Å². The summed E-state index contributed by atoms with van der Waals surface area (Å²) in [6.45, 7) is 1.83. The Morgan fingerprint density at radius 3 is 2.33 bits per heavy atom. The largest absolute Gasteiger partial charge is 0.506 e. The lowest BCUT2D eigenvalue weighted by molar-refractivity contribution is 0.468. The fourth-order valence-electron chi connectivity index (χ4n) is 1.18. The van der Waals surface area contributed by atoms with E-state index in [1.54, 1.807) is 18.3 Å². The normalized spacial score (nSPS) is 10.6. The van der Waals surface area contributed by atoms with E-state index in [9.17, 15) is 5.11 Å². The Morgan fingerprint density at radius 1 is 1.27 bits per heavy atom. The first-order valence-corrected chi connectivity index (χ1v) is 5.77. The maximum atomic E-state index is 9.54. The number of hydrogen-bond donors (Lipinski definition) is 1. The van der Waals surface area contributed by atoms with Gasteiger partial charge in [0.25, 0.3) is 0 Å². The maximum absolute atomic E-state index is 9.54. The van der Waals surface area contributed by atoms with Crippen molar-refractivity contribution in [1.29, 1.82) is 0 Å². The van der Waals surface area contributed by atoms with Crippen molar-refractivity contribution in [2.24, 2.45) is 0 Å². The minimum Gasteiger partial charge on any atom is -0.506 e. The molecule has 0 aliphatic carbocycles. The zero-order chi connectivity index (χ0) is 11.0. The highest BCUT2D eigenvalue weighted by Gasteiger charge is 2.10. The van der Waals surface area contributed by atoms with Gasteiger partial charge in [-0.25, -0.2) is 4.98 Å². The lowest BCUT2D eigenvalue weighted by Crippen LogP contribution is -1.79. The van der Waals surface area contributed by atoms with Crippen LogP contribution in [0.5, 0.6) is 5.75 Å². The molecular weight excluding hydrogens is 326 g/mol. The Morgan fingerprint density at radius 2 is 1.87 bits per heavy atom. The monoisotopic (exact) mass is 331 g/mol. The highest BCUT2D eigenvalue weighted by molar-refractivity contribution is 9.11. The molecule has 1 aromatic carbocycles. The number of halogens is 2. The van der Waals surface area contributed by atoms with Crippen molar-refractivity contribution in [3.8, 4) is 17.2 Å². The Kier molecular flexibility index (Phi) is 2.84. The fourth-order valence-corrected chi connectivity index (χ4v) is 2.36. The van der Waals surface area contributed by atoms with Gasteiger partial charge in [0.15, 0.2) is 0 Å². The summed E-state index contributed by atoms with van der Waals surface area (Å²) < 4.78 is 6.58. The van der Waals surface area contributed by atoms with Gasteiger partial charge in [0.05, 0.1) is 15.1 Å². The van der Waals surface area contributed by atoms with E-state index in [0.717, 1.165) is 11.3 Å². The van der Waals surface area contributed by atoms with Crippen LogP contribution in [-0.2, 0) is 0 Å². The summed E-state index contributed by atoms with van der Waals surface area (Å²) in [5.74, 6) is 1.46. The molecule has 0 aliphatic heterocycles. The van der Waals surface area contributed by atoms with Gasteiger partial charge in [-0.05, 0) is 50.9 Å². The predicted molar refractivity (Wildman–Crippen MR) is 63.7 cm³/mol. The average molecular weight is 333 g/mol. The van der Waals surface area contributed by atoms with Gasteiger partial charge < -0.3 is 9.52 Å². The summed E-state index contributed by atoms with van der Waals surface area (Å²) in [6.07, 6.45) is 1.66. The van der Waals surface area contributed by atoms with Crippen LogP contribution in [0.25, 0.3) is 11.5 Å². The number of aromatic nitrogens is 1. The molecule has 2 rings (SSSR count).